The van der Waals surface area contributed by atoms with Gasteiger partial charge in [0.05, 0.1) is 25.3 Å². The van der Waals surface area contributed by atoms with Gasteiger partial charge in [-0.2, -0.15) is 0 Å². The number of aromatic nitrogens is 1. The zero-order chi connectivity index (χ0) is 37.0. The van der Waals surface area contributed by atoms with Crippen LogP contribution < -0.4 is 16.2 Å². The molecule has 0 unspecified atom stereocenters. The van der Waals surface area contributed by atoms with Crippen molar-refractivity contribution in [2.75, 3.05) is 6.61 Å². The highest BCUT2D eigenvalue weighted by Crippen LogP contribution is 2.38. The first-order chi connectivity index (χ1) is 25.1. The van der Waals surface area contributed by atoms with Crippen molar-refractivity contribution < 1.29 is 29.6 Å². The van der Waals surface area contributed by atoms with Gasteiger partial charge in [0.25, 0.3) is 0 Å². The number of phenols is 2. The van der Waals surface area contributed by atoms with Gasteiger partial charge < -0.3 is 36.5 Å². The Kier molecular flexibility index (Phi) is 13.5. The first-order valence-corrected chi connectivity index (χ1v) is 18.1. The van der Waals surface area contributed by atoms with E-state index < -0.39 is 12.1 Å². The number of benzene rings is 3. The number of allylic oxidation sites excluding steroid dienone is 2. The second-order valence-electron chi connectivity index (χ2n) is 13.6. The molecule has 3 aromatic carbocycles. The summed E-state index contributed by atoms with van der Waals surface area (Å²) in [6.07, 6.45) is 10.8. The predicted molar refractivity (Wildman–Crippen MR) is 202 cm³/mol. The van der Waals surface area contributed by atoms with Gasteiger partial charge in [-0.15, -0.1) is 0 Å². The summed E-state index contributed by atoms with van der Waals surface area (Å²) >= 11 is 0. The molecule has 1 aliphatic rings. The van der Waals surface area contributed by atoms with E-state index in [2.05, 4.69) is 16.8 Å². The molecular weight excluding hydrogens is 654 g/mol. The number of aryl methyl sites for hydroxylation is 1. The maximum Gasteiger partial charge on any atom is 0.165 e. The van der Waals surface area contributed by atoms with E-state index in [0.29, 0.717) is 53.7 Å². The summed E-state index contributed by atoms with van der Waals surface area (Å²) in [5.41, 5.74) is 17.9. The first-order valence-electron chi connectivity index (χ1n) is 18.1. The Morgan fingerprint density at radius 3 is 2.56 bits per heavy atom. The number of hydrogen-bond acceptors (Lipinski definition) is 8. The lowest BCUT2D eigenvalue weighted by Gasteiger charge is -2.22. The zero-order valence-electron chi connectivity index (χ0n) is 29.7. The number of unbranched alkanes of at least 4 members (excludes halogenated alkanes) is 3. The van der Waals surface area contributed by atoms with Gasteiger partial charge in [-0.25, -0.2) is 0 Å². The fourth-order valence-electron chi connectivity index (χ4n) is 6.51. The van der Waals surface area contributed by atoms with Crippen molar-refractivity contribution in [2.24, 2.45) is 11.5 Å². The van der Waals surface area contributed by atoms with Gasteiger partial charge in [0, 0.05) is 53.8 Å². The van der Waals surface area contributed by atoms with Crippen LogP contribution in [0, 0.1) is 11.8 Å². The second-order valence-corrected chi connectivity index (χ2v) is 13.6. The maximum atomic E-state index is 13.7. The molecule has 9 heteroatoms. The number of hydrogen-bond donors (Lipinski definition) is 6. The normalized spacial score (nSPS) is 14.8. The van der Waals surface area contributed by atoms with Crippen LogP contribution in [0.1, 0.15) is 113 Å². The van der Waals surface area contributed by atoms with Crippen LogP contribution in [0.3, 0.4) is 0 Å². The van der Waals surface area contributed by atoms with Crippen LogP contribution >= 0.6 is 0 Å². The molecule has 8 N–H and O–H groups in total. The van der Waals surface area contributed by atoms with Crippen LogP contribution in [0.2, 0.25) is 0 Å². The zero-order valence-corrected chi connectivity index (χ0v) is 29.7. The van der Waals surface area contributed by atoms with E-state index in [4.69, 9.17) is 16.2 Å². The molecule has 9 nitrogen and oxygen atoms in total. The Morgan fingerprint density at radius 1 is 0.981 bits per heavy atom. The van der Waals surface area contributed by atoms with Crippen molar-refractivity contribution in [3.05, 3.63) is 124 Å². The smallest absolute Gasteiger partial charge is 0.165 e. The topological polar surface area (TPSA) is 172 Å². The number of aliphatic hydroxyl groups is 1. The van der Waals surface area contributed by atoms with E-state index in [0.717, 1.165) is 54.5 Å². The Labute approximate surface area is 305 Å². The summed E-state index contributed by atoms with van der Waals surface area (Å²) in [6, 6.07) is 17.8. The quantitative estimate of drug-likeness (QED) is 0.0325. The van der Waals surface area contributed by atoms with Crippen molar-refractivity contribution in [1.29, 1.82) is 0 Å². The minimum absolute atomic E-state index is 0.00962. The van der Waals surface area contributed by atoms with Crippen molar-refractivity contribution >= 4 is 11.6 Å². The Morgan fingerprint density at radius 2 is 1.77 bits per heavy atom. The Bertz CT molecular complexity index is 1950. The molecule has 1 heterocycles. The SMILES string of the molecule is C[C@H](O)CCCCC/C=C/C(=O)CCc1ccc(O)c(OCCc2ccc(O)c([C@H]3CC(=O)c4cc[nH]c4CC#Cc4cc(C(N)N)ccc43)c2)c1. The highest BCUT2D eigenvalue weighted by atomic mass is 16.5. The van der Waals surface area contributed by atoms with Gasteiger partial charge in [-0.1, -0.05) is 61.1 Å². The number of aromatic amines is 1. The van der Waals surface area contributed by atoms with Crippen LogP contribution in [-0.2, 0) is 24.1 Å². The molecule has 0 radical (unpaired) electrons. The second kappa shape index (κ2) is 18.4. The average Bonchev–Trinajstić information content (AvgIpc) is 3.60. The van der Waals surface area contributed by atoms with E-state index >= 15 is 0 Å². The first kappa shape index (κ1) is 38.1. The van der Waals surface area contributed by atoms with Crippen molar-refractivity contribution in [1.82, 2.24) is 4.98 Å². The number of nitrogens with two attached hydrogens (primary N) is 2. The molecule has 0 saturated heterocycles. The van der Waals surface area contributed by atoms with Crippen LogP contribution in [0.25, 0.3) is 0 Å². The summed E-state index contributed by atoms with van der Waals surface area (Å²) < 4.78 is 6.01. The highest BCUT2D eigenvalue weighted by molar-refractivity contribution is 5.98. The Hall–Kier alpha value is -5.14. The molecule has 1 aromatic heterocycles. The van der Waals surface area contributed by atoms with Gasteiger partial charge in [-0.3, -0.25) is 9.59 Å². The number of rotatable bonds is 16. The molecule has 2 atom stereocenters. The number of carbonyl (C=O) groups excluding carboxylic acids is 2. The van der Waals surface area contributed by atoms with E-state index in [1.165, 1.54) is 0 Å². The lowest BCUT2D eigenvalue weighted by molar-refractivity contribution is -0.114. The monoisotopic (exact) mass is 703 g/mol. The molecule has 4 aromatic rings. The third-order valence-corrected chi connectivity index (χ3v) is 9.44. The molecule has 0 bridgehead atoms. The van der Waals surface area contributed by atoms with Gasteiger partial charge >= 0.3 is 0 Å². The summed E-state index contributed by atoms with van der Waals surface area (Å²) in [4.78, 5) is 29.2. The van der Waals surface area contributed by atoms with Crippen molar-refractivity contribution in [2.45, 2.75) is 89.3 Å². The third kappa shape index (κ3) is 10.5. The lowest BCUT2D eigenvalue weighted by atomic mass is 9.81. The number of ketones is 2. The van der Waals surface area contributed by atoms with Crippen LogP contribution in [0.5, 0.6) is 17.2 Å². The largest absolute Gasteiger partial charge is 0.508 e. The standard InChI is InChI=1S/C43H49N3O6/c1-28(47)8-5-3-2-4-6-10-33(48)16-12-29-14-19-40(50)42(25-29)52-23-21-30-13-18-39(49)37(24-30)36-27-41(51)35-20-22-46-38(35)11-7-9-31-26-32(43(44)45)15-17-34(31)36/h6,10,13-15,17-20,22,24-26,28,36,43,46-47,49-50H,2-5,8,11-12,16,21,23,27,44-45H2,1H3/b10-6+/t28-,36-/m0/s1. The van der Waals surface area contributed by atoms with E-state index in [-0.39, 0.29) is 42.2 Å². The lowest BCUT2D eigenvalue weighted by Crippen LogP contribution is -2.20. The van der Waals surface area contributed by atoms with E-state index in [1.54, 1.807) is 49.5 Å². The molecule has 0 amide bonds. The number of nitrogens with one attached hydrogen (secondary N) is 1. The fraction of sp³-hybridized carbons (Fsp3) is 0.349. The molecule has 52 heavy (non-hydrogen) atoms. The minimum atomic E-state index is -0.688. The van der Waals surface area contributed by atoms with Gasteiger partial charge in [0.1, 0.15) is 5.75 Å². The number of aliphatic hydroxyl groups excluding tert-OH is 1. The molecule has 0 fully saturated rings. The van der Waals surface area contributed by atoms with E-state index in [1.807, 2.05) is 36.4 Å². The molecule has 0 spiro atoms. The third-order valence-electron chi connectivity index (χ3n) is 9.44. The van der Waals surface area contributed by atoms with E-state index in [9.17, 15) is 24.9 Å². The number of phenolic OH excluding ortho intramolecular Hbond substituents is 2. The van der Waals surface area contributed by atoms with Gasteiger partial charge in [0.2, 0.25) is 0 Å². The maximum absolute atomic E-state index is 13.7. The number of fused-ring (bicyclic) bond motifs is 2. The summed E-state index contributed by atoms with van der Waals surface area (Å²) in [7, 11) is 0. The van der Waals surface area contributed by atoms with Crippen molar-refractivity contribution in [3.63, 3.8) is 0 Å². The summed E-state index contributed by atoms with van der Waals surface area (Å²) in [5.74, 6) is 6.34. The van der Waals surface area contributed by atoms with Crippen LogP contribution in [0.4, 0.5) is 0 Å². The number of H-pyrrole nitrogens is 1. The average molecular weight is 704 g/mol. The summed E-state index contributed by atoms with van der Waals surface area (Å²) in [5, 5.41) is 31.0. The molecule has 1 aliphatic carbocycles. The van der Waals surface area contributed by atoms with Gasteiger partial charge in [-0.05, 0) is 91.3 Å². The number of carbonyl (C=O) groups is 2. The fourth-order valence-corrected chi connectivity index (χ4v) is 6.51. The molecule has 272 valence electrons. The number of aromatic hydroxyl groups is 2. The van der Waals surface area contributed by atoms with Crippen LogP contribution in [-0.4, -0.2) is 44.6 Å². The molecule has 0 saturated carbocycles. The molecule has 0 aliphatic heterocycles. The highest BCUT2D eigenvalue weighted by Gasteiger charge is 2.27. The molecule has 5 rings (SSSR count). The summed E-state index contributed by atoms with van der Waals surface area (Å²) in [6.45, 7) is 2.04. The minimum Gasteiger partial charge on any atom is -0.508 e. The van der Waals surface area contributed by atoms with Crippen LogP contribution in [0.15, 0.2) is 79.0 Å². The predicted octanol–water partition coefficient (Wildman–Crippen LogP) is 6.67. The number of ether oxygens (including phenoxy) is 1. The van der Waals surface area contributed by atoms with Crippen molar-refractivity contribution in [3.8, 4) is 29.1 Å². The van der Waals surface area contributed by atoms with Gasteiger partial charge in [0.15, 0.2) is 23.1 Å². The molecular formula is C43H49N3O6. The Balaban J connectivity index is 1.25. The number of Topliss-reactive ketones (excluding diaryl/α,β-unsaturated/α-hetero) is 1.